The molecule has 2 heterocycles. The van der Waals surface area contributed by atoms with Crippen molar-refractivity contribution in [3.63, 3.8) is 0 Å². The van der Waals surface area contributed by atoms with E-state index in [0.717, 1.165) is 36.5 Å². The van der Waals surface area contributed by atoms with E-state index in [4.69, 9.17) is 11.6 Å². The molecule has 4 nitrogen and oxygen atoms in total. The first kappa shape index (κ1) is 12.0. The van der Waals surface area contributed by atoms with Gasteiger partial charge in [-0.15, -0.1) is 0 Å². The standard InChI is InChI=1S/C12H15ClN4/c1-3-5-9-10(15-8-16-11(9)13)12-14-6-7-17(12)4-2/h6-8H,3-5H2,1-2H3. The summed E-state index contributed by atoms with van der Waals surface area (Å²) in [5.41, 5.74) is 1.83. The van der Waals surface area contributed by atoms with Gasteiger partial charge in [-0.25, -0.2) is 15.0 Å². The predicted octanol–water partition coefficient (Wildman–Crippen LogP) is 2.97. The SMILES string of the molecule is CCCc1c(Cl)ncnc1-c1nccn1CC. The molecular weight excluding hydrogens is 236 g/mol. The molecule has 0 radical (unpaired) electrons. The maximum Gasteiger partial charge on any atom is 0.159 e. The molecule has 5 heteroatoms. The Morgan fingerprint density at radius 2 is 2.06 bits per heavy atom. The Bertz CT molecular complexity index is 507. The largest absolute Gasteiger partial charge is 0.330 e. The lowest BCUT2D eigenvalue weighted by Crippen LogP contribution is -2.03. The summed E-state index contributed by atoms with van der Waals surface area (Å²) in [5.74, 6) is 0.861. The summed E-state index contributed by atoms with van der Waals surface area (Å²) >= 11 is 6.13. The number of hydrogen-bond donors (Lipinski definition) is 0. The van der Waals surface area contributed by atoms with Crippen molar-refractivity contribution in [2.24, 2.45) is 0 Å². The van der Waals surface area contributed by atoms with Crippen molar-refractivity contribution < 1.29 is 0 Å². The molecule has 17 heavy (non-hydrogen) atoms. The summed E-state index contributed by atoms with van der Waals surface area (Å²) in [4.78, 5) is 12.7. The average molecular weight is 251 g/mol. The molecular formula is C12H15ClN4. The molecule has 90 valence electrons. The fraction of sp³-hybridized carbons (Fsp3) is 0.417. The minimum Gasteiger partial charge on any atom is -0.330 e. The average Bonchev–Trinajstić information content (AvgIpc) is 2.80. The minimum atomic E-state index is 0.530. The topological polar surface area (TPSA) is 43.6 Å². The molecule has 0 bridgehead atoms. The first-order valence-corrected chi connectivity index (χ1v) is 6.16. The molecule has 0 saturated carbocycles. The second kappa shape index (κ2) is 5.27. The van der Waals surface area contributed by atoms with Gasteiger partial charge in [-0.05, 0) is 13.3 Å². The molecule has 2 aromatic heterocycles. The van der Waals surface area contributed by atoms with E-state index >= 15 is 0 Å². The third-order valence-electron chi connectivity index (χ3n) is 2.66. The Balaban J connectivity index is 2.55. The molecule has 0 aliphatic rings. The smallest absolute Gasteiger partial charge is 0.159 e. The number of aryl methyl sites for hydroxylation is 1. The first-order valence-electron chi connectivity index (χ1n) is 5.78. The normalized spacial score (nSPS) is 10.8. The maximum atomic E-state index is 6.13. The van der Waals surface area contributed by atoms with Crippen molar-refractivity contribution in [3.05, 3.63) is 29.4 Å². The van der Waals surface area contributed by atoms with Gasteiger partial charge in [0.25, 0.3) is 0 Å². The Morgan fingerprint density at radius 3 is 2.76 bits per heavy atom. The monoisotopic (exact) mass is 250 g/mol. The van der Waals surface area contributed by atoms with Gasteiger partial charge in [0.15, 0.2) is 5.82 Å². The van der Waals surface area contributed by atoms with E-state index in [2.05, 4.69) is 33.4 Å². The highest BCUT2D eigenvalue weighted by Crippen LogP contribution is 2.25. The van der Waals surface area contributed by atoms with Gasteiger partial charge in [-0.1, -0.05) is 24.9 Å². The van der Waals surface area contributed by atoms with Crippen LogP contribution in [-0.2, 0) is 13.0 Å². The summed E-state index contributed by atoms with van der Waals surface area (Å²) < 4.78 is 2.05. The maximum absolute atomic E-state index is 6.13. The van der Waals surface area contributed by atoms with E-state index in [0.29, 0.717) is 5.15 Å². The van der Waals surface area contributed by atoms with Gasteiger partial charge >= 0.3 is 0 Å². The van der Waals surface area contributed by atoms with Crippen LogP contribution < -0.4 is 0 Å². The lowest BCUT2D eigenvalue weighted by molar-refractivity contribution is 0.764. The van der Waals surface area contributed by atoms with E-state index in [1.807, 2.05) is 6.20 Å². The lowest BCUT2D eigenvalue weighted by atomic mass is 10.1. The molecule has 0 atom stereocenters. The number of halogens is 1. The number of nitrogens with zero attached hydrogens (tertiary/aromatic N) is 4. The summed E-state index contributed by atoms with van der Waals surface area (Å²) in [6, 6.07) is 0. The molecule has 0 amide bonds. The Labute approximate surface area is 106 Å². The third-order valence-corrected chi connectivity index (χ3v) is 2.99. The van der Waals surface area contributed by atoms with Crippen LogP contribution in [0.4, 0.5) is 0 Å². The zero-order valence-electron chi connectivity index (χ0n) is 10.0. The Kier molecular flexibility index (Phi) is 3.74. The van der Waals surface area contributed by atoms with E-state index in [9.17, 15) is 0 Å². The van der Waals surface area contributed by atoms with E-state index in [1.165, 1.54) is 6.33 Å². The summed E-state index contributed by atoms with van der Waals surface area (Å²) in [6.45, 7) is 5.05. The molecule has 0 aromatic carbocycles. The molecule has 0 aliphatic carbocycles. The molecule has 0 fully saturated rings. The number of hydrogen-bond acceptors (Lipinski definition) is 3. The molecule has 0 N–H and O–H groups in total. The van der Waals surface area contributed by atoms with Crippen LogP contribution in [0.3, 0.4) is 0 Å². The quantitative estimate of drug-likeness (QED) is 0.784. The lowest BCUT2D eigenvalue weighted by Gasteiger charge is -2.09. The van der Waals surface area contributed by atoms with Gasteiger partial charge in [0, 0.05) is 24.5 Å². The Hall–Kier alpha value is -1.42. The third kappa shape index (κ3) is 2.31. The second-order valence-electron chi connectivity index (χ2n) is 3.78. The van der Waals surface area contributed by atoms with Crippen molar-refractivity contribution in [1.82, 2.24) is 19.5 Å². The predicted molar refractivity (Wildman–Crippen MR) is 67.9 cm³/mol. The van der Waals surface area contributed by atoms with Gasteiger partial charge in [0.1, 0.15) is 17.2 Å². The van der Waals surface area contributed by atoms with Crippen LogP contribution in [-0.4, -0.2) is 19.5 Å². The highest BCUT2D eigenvalue weighted by Gasteiger charge is 2.14. The zero-order valence-corrected chi connectivity index (χ0v) is 10.8. The van der Waals surface area contributed by atoms with Crippen molar-refractivity contribution in [3.8, 4) is 11.5 Å². The van der Waals surface area contributed by atoms with Gasteiger partial charge < -0.3 is 4.57 Å². The highest BCUT2D eigenvalue weighted by molar-refractivity contribution is 6.30. The van der Waals surface area contributed by atoms with Crippen molar-refractivity contribution >= 4 is 11.6 Å². The van der Waals surface area contributed by atoms with Crippen molar-refractivity contribution in [1.29, 1.82) is 0 Å². The fourth-order valence-electron chi connectivity index (χ4n) is 1.84. The highest BCUT2D eigenvalue weighted by atomic mass is 35.5. The first-order chi connectivity index (χ1) is 8.27. The van der Waals surface area contributed by atoms with Crippen LogP contribution in [0.2, 0.25) is 5.15 Å². The van der Waals surface area contributed by atoms with E-state index in [1.54, 1.807) is 6.20 Å². The summed E-state index contributed by atoms with van der Waals surface area (Å²) in [6.07, 6.45) is 7.09. The van der Waals surface area contributed by atoms with Gasteiger partial charge in [0.2, 0.25) is 0 Å². The van der Waals surface area contributed by atoms with Crippen LogP contribution >= 0.6 is 11.6 Å². The molecule has 0 unspecified atom stereocenters. The second-order valence-corrected chi connectivity index (χ2v) is 4.14. The van der Waals surface area contributed by atoms with E-state index in [-0.39, 0.29) is 0 Å². The number of imidazole rings is 1. The van der Waals surface area contributed by atoms with Crippen LogP contribution in [0.25, 0.3) is 11.5 Å². The van der Waals surface area contributed by atoms with Gasteiger partial charge in [-0.2, -0.15) is 0 Å². The molecule has 0 saturated heterocycles. The molecule has 2 aromatic rings. The summed E-state index contributed by atoms with van der Waals surface area (Å²) in [7, 11) is 0. The van der Waals surface area contributed by atoms with E-state index < -0.39 is 0 Å². The molecule has 0 aliphatic heterocycles. The number of rotatable bonds is 4. The number of aromatic nitrogens is 4. The Morgan fingerprint density at radius 1 is 1.24 bits per heavy atom. The van der Waals surface area contributed by atoms with Crippen molar-refractivity contribution in [2.45, 2.75) is 33.2 Å². The van der Waals surface area contributed by atoms with Gasteiger partial charge in [0.05, 0.1) is 0 Å². The zero-order chi connectivity index (χ0) is 12.3. The summed E-state index contributed by atoms with van der Waals surface area (Å²) in [5, 5.41) is 0.530. The minimum absolute atomic E-state index is 0.530. The van der Waals surface area contributed by atoms with Gasteiger partial charge in [-0.3, -0.25) is 0 Å². The van der Waals surface area contributed by atoms with Crippen LogP contribution in [0.1, 0.15) is 25.8 Å². The van der Waals surface area contributed by atoms with Crippen molar-refractivity contribution in [2.75, 3.05) is 0 Å². The van der Waals surface area contributed by atoms with Crippen LogP contribution in [0, 0.1) is 0 Å². The molecule has 0 spiro atoms. The van der Waals surface area contributed by atoms with Crippen LogP contribution in [0.15, 0.2) is 18.7 Å². The van der Waals surface area contributed by atoms with Crippen LogP contribution in [0.5, 0.6) is 0 Å². The fourth-order valence-corrected chi connectivity index (χ4v) is 2.06. The molecule has 2 rings (SSSR count).